The van der Waals surface area contributed by atoms with Gasteiger partial charge in [0, 0.05) is 24.8 Å². The van der Waals surface area contributed by atoms with Crippen LogP contribution in [0.15, 0.2) is 53.5 Å². The van der Waals surface area contributed by atoms with E-state index in [4.69, 9.17) is 4.99 Å². The van der Waals surface area contributed by atoms with Gasteiger partial charge in [0.25, 0.3) is 0 Å². The van der Waals surface area contributed by atoms with E-state index in [-0.39, 0.29) is 17.7 Å². The first-order chi connectivity index (χ1) is 17.0. The number of piperidine rings is 1. The van der Waals surface area contributed by atoms with Crippen LogP contribution < -0.4 is 15.5 Å². The lowest BCUT2D eigenvalue weighted by Gasteiger charge is -2.44. The average Bonchev–Trinajstić information content (AvgIpc) is 3.18. The molecule has 2 aliphatic heterocycles. The van der Waals surface area contributed by atoms with Gasteiger partial charge in [-0.25, -0.2) is 9.38 Å². The second kappa shape index (κ2) is 9.76. The summed E-state index contributed by atoms with van der Waals surface area (Å²) in [5.41, 5.74) is 0.742. The zero-order valence-corrected chi connectivity index (χ0v) is 20.2. The van der Waals surface area contributed by atoms with Crippen LogP contribution in [0.5, 0.6) is 5.75 Å². The number of anilines is 2. The monoisotopic (exact) mass is 479 g/mol. The number of phenols is 1. The average molecular weight is 480 g/mol. The molecule has 8 heteroatoms. The number of guanidine groups is 1. The van der Waals surface area contributed by atoms with Gasteiger partial charge in [-0.15, -0.1) is 0 Å². The normalized spacial score (nSPS) is 24.5. The van der Waals surface area contributed by atoms with E-state index in [2.05, 4.69) is 27.4 Å². The summed E-state index contributed by atoms with van der Waals surface area (Å²) in [6, 6.07) is 14.1. The highest BCUT2D eigenvalue weighted by Gasteiger charge is 2.50. The first-order valence-electron chi connectivity index (χ1n) is 12.7. The van der Waals surface area contributed by atoms with Crippen LogP contribution in [0.4, 0.5) is 15.8 Å². The van der Waals surface area contributed by atoms with Crippen molar-refractivity contribution in [2.45, 2.75) is 57.0 Å². The number of aliphatic imine (C=N–C) groups is 1. The summed E-state index contributed by atoms with van der Waals surface area (Å²) in [6.45, 7) is 3.98. The quantitative estimate of drug-likeness (QED) is 0.347. The largest absolute Gasteiger partial charge is 0.506 e. The van der Waals surface area contributed by atoms with E-state index in [1.807, 2.05) is 30.3 Å². The standard InChI is InChI=1S/C27H34FN5O2/c1-19-7-5-6-10-22(19)30-26(31-23-17-20(28)11-12-24(23)34)32-15-13-27(14-16-32)25(35)29-18-33(27)21-8-3-2-4-9-21/h2-4,8-9,11-12,17,19,22,34H,5-7,10,13-16,18H2,1H3,(H,29,35)(H,30,31). The molecule has 1 spiro atoms. The van der Waals surface area contributed by atoms with Gasteiger partial charge in [0.2, 0.25) is 5.91 Å². The molecule has 3 N–H and O–H groups in total. The second-order valence-electron chi connectivity index (χ2n) is 10.0. The Bertz CT molecular complexity index is 1080. The number of hydrogen-bond donors (Lipinski definition) is 3. The van der Waals surface area contributed by atoms with E-state index in [1.165, 1.54) is 24.6 Å². The van der Waals surface area contributed by atoms with Gasteiger partial charge >= 0.3 is 0 Å². The molecule has 2 saturated heterocycles. The van der Waals surface area contributed by atoms with Crippen LogP contribution in [0.25, 0.3) is 0 Å². The SMILES string of the molecule is CC1CCCCC1N=C(Nc1cc(F)ccc1O)N1CCC2(CC1)C(=O)NCN2c1ccccc1. The zero-order chi connectivity index (χ0) is 24.4. The minimum atomic E-state index is -0.595. The van der Waals surface area contributed by atoms with Gasteiger partial charge in [0.05, 0.1) is 18.4 Å². The number of para-hydroxylation sites is 1. The molecule has 2 heterocycles. The Morgan fingerprint density at radius 3 is 2.63 bits per heavy atom. The summed E-state index contributed by atoms with van der Waals surface area (Å²) >= 11 is 0. The van der Waals surface area contributed by atoms with E-state index < -0.39 is 11.4 Å². The molecule has 2 aromatic carbocycles. The highest BCUT2D eigenvalue weighted by Crippen LogP contribution is 2.37. The third kappa shape index (κ3) is 4.66. The topological polar surface area (TPSA) is 80.2 Å². The van der Waals surface area contributed by atoms with E-state index in [1.54, 1.807) is 0 Å². The summed E-state index contributed by atoms with van der Waals surface area (Å²) in [6.07, 6.45) is 5.81. The molecular weight excluding hydrogens is 445 g/mol. The maximum absolute atomic E-state index is 14.0. The van der Waals surface area contributed by atoms with Crippen LogP contribution in [0, 0.1) is 11.7 Å². The summed E-state index contributed by atoms with van der Waals surface area (Å²) < 4.78 is 14.0. The van der Waals surface area contributed by atoms with Crippen molar-refractivity contribution in [3.8, 4) is 5.75 Å². The minimum absolute atomic E-state index is 0.0188. The van der Waals surface area contributed by atoms with Gasteiger partial charge in [-0.05, 0) is 55.9 Å². The molecule has 35 heavy (non-hydrogen) atoms. The van der Waals surface area contributed by atoms with Crippen LogP contribution in [-0.2, 0) is 4.79 Å². The molecule has 3 aliphatic rings. The summed E-state index contributed by atoms with van der Waals surface area (Å²) in [5.74, 6) is 0.733. The van der Waals surface area contributed by atoms with Gasteiger partial charge in [0.1, 0.15) is 17.1 Å². The van der Waals surface area contributed by atoms with E-state index in [0.717, 1.165) is 24.9 Å². The first kappa shape index (κ1) is 23.5. The lowest BCUT2D eigenvalue weighted by molar-refractivity contribution is -0.124. The third-order valence-electron chi connectivity index (χ3n) is 7.85. The van der Waals surface area contributed by atoms with Gasteiger partial charge in [-0.2, -0.15) is 0 Å². The fourth-order valence-corrected chi connectivity index (χ4v) is 5.69. The predicted octanol–water partition coefficient (Wildman–Crippen LogP) is 4.31. The molecule has 0 bridgehead atoms. The van der Waals surface area contributed by atoms with Crippen LogP contribution >= 0.6 is 0 Å². The van der Waals surface area contributed by atoms with Crippen molar-refractivity contribution in [2.75, 3.05) is 30.0 Å². The van der Waals surface area contributed by atoms with Crippen LogP contribution in [0.1, 0.15) is 45.4 Å². The number of carbonyl (C=O) groups is 1. The van der Waals surface area contributed by atoms with Crippen molar-refractivity contribution < 1.29 is 14.3 Å². The van der Waals surface area contributed by atoms with Crippen molar-refractivity contribution in [2.24, 2.45) is 10.9 Å². The molecule has 0 aromatic heterocycles. The molecule has 186 valence electrons. The first-order valence-corrected chi connectivity index (χ1v) is 12.7. The maximum Gasteiger partial charge on any atom is 0.247 e. The highest BCUT2D eigenvalue weighted by molar-refractivity contribution is 5.97. The number of aromatic hydroxyl groups is 1. The third-order valence-corrected chi connectivity index (χ3v) is 7.85. The van der Waals surface area contributed by atoms with E-state index in [0.29, 0.717) is 50.2 Å². The van der Waals surface area contributed by atoms with E-state index >= 15 is 0 Å². The fraction of sp³-hybridized carbons (Fsp3) is 0.481. The molecule has 1 saturated carbocycles. The summed E-state index contributed by atoms with van der Waals surface area (Å²) in [7, 11) is 0. The predicted molar refractivity (Wildman–Crippen MR) is 136 cm³/mol. The highest BCUT2D eigenvalue weighted by atomic mass is 19.1. The number of rotatable bonds is 3. The molecule has 5 rings (SSSR count). The number of benzene rings is 2. The summed E-state index contributed by atoms with van der Waals surface area (Å²) in [5, 5.41) is 16.6. The Hall–Kier alpha value is -3.29. The number of carbonyl (C=O) groups excluding carboxylic acids is 1. The lowest BCUT2D eigenvalue weighted by Crippen LogP contribution is -2.58. The Kier molecular flexibility index (Phi) is 6.54. The molecule has 2 aromatic rings. The molecule has 1 amide bonds. The molecule has 3 fully saturated rings. The number of nitrogens with zero attached hydrogens (tertiary/aromatic N) is 3. The lowest BCUT2D eigenvalue weighted by atomic mass is 9.85. The minimum Gasteiger partial charge on any atom is -0.506 e. The van der Waals surface area contributed by atoms with Crippen molar-refractivity contribution in [3.05, 3.63) is 54.3 Å². The summed E-state index contributed by atoms with van der Waals surface area (Å²) in [4.78, 5) is 22.5. The molecule has 1 aliphatic carbocycles. The maximum atomic E-state index is 14.0. The van der Waals surface area contributed by atoms with Crippen molar-refractivity contribution in [3.63, 3.8) is 0 Å². The number of likely N-dealkylation sites (tertiary alicyclic amines) is 1. The molecule has 7 nitrogen and oxygen atoms in total. The van der Waals surface area contributed by atoms with Crippen molar-refractivity contribution in [1.29, 1.82) is 0 Å². The van der Waals surface area contributed by atoms with Gasteiger partial charge < -0.3 is 25.5 Å². The number of phenolic OH excluding ortho intramolecular Hbond substituents is 1. The number of amides is 1. The van der Waals surface area contributed by atoms with Crippen LogP contribution in [0.3, 0.4) is 0 Å². The number of hydrogen-bond acceptors (Lipinski definition) is 4. The Morgan fingerprint density at radius 2 is 1.89 bits per heavy atom. The van der Waals surface area contributed by atoms with Crippen molar-refractivity contribution in [1.82, 2.24) is 10.2 Å². The Balaban J connectivity index is 1.40. The zero-order valence-electron chi connectivity index (χ0n) is 20.2. The smallest absolute Gasteiger partial charge is 0.247 e. The Morgan fingerprint density at radius 1 is 1.14 bits per heavy atom. The van der Waals surface area contributed by atoms with Gasteiger partial charge in [0.15, 0.2) is 5.96 Å². The number of nitrogens with one attached hydrogen (secondary N) is 2. The number of halogens is 1. The van der Waals surface area contributed by atoms with Crippen LogP contribution in [0.2, 0.25) is 0 Å². The van der Waals surface area contributed by atoms with Gasteiger partial charge in [-0.1, -0.05) is 38.0 Å². The van der Waals surface area contributed by atoms with Crippen LogP contribution in [-0.4, -0.2) is 53.2 Å². The van der Waals surface area contributed by atoms with E-state index in [9.17, 15) is 14.3 Å². The fourth-order valence-electron chi connectivity index (χ4n) is 5.69. The molecule has 0 radical (unpaired) electrons. The van der Waals surface area contributed by atoms with Gasteiger partial charge in [-0.3, -0.25) is 4.79 Å². The molecule has 2 atom stereocenters. The Labute approximate surface area is 206 Å². The van der Waals surface area contributed by atoms with Crippen molar-refractivity contribution >= 4 is 23.2 Å². The second-order valence-corrected chi connectivity index (χ2v) is 10.0. The molecule has 2 unspecified atom stereocenters. The molecular formula is C27H34FN5O2.